The van der Waals surface area contributed by atoms with Gasteiger partial charge in [-0.25, -0.2) is 0 Å². The second-order valence-electron chi connectivity index (χ2n) is 2.29. The molecule has 11 heavy (non-hydrogen) atoms. The minimum Gasteiger partial charge on any atom is -0.481 e. The van der Waals surface area contributed by atoms with E-state index in [-0.39, 0.29) is 12.4 Å². The molecule has 0 aliphatic heterocycles. The van der Waals surface area contributed by atoms with E-state index in [9.17, 15) is 9.59 Å². The smallest absolute Gasteiger partial charge is 0.323 e. The Morgan fingerprint density at radius 2 is 1.82 bits per heavy atom. The van der Waals surface area contributed by atoms with E-state index in [1.807, 2.05) is 0 Å². The maximum atomic E-state index is 10.2. The van der Waals surface area contributed by atoms with Crippen molar-refractivity contribution in [2.45, 2.75) is 18.9 Å². The van der Waals surface area contributed by atoms with E-state index in [4.69, 9.17) is 15.9 Å². The Morgan fingerprint density at radius 3 is 1.91 bits per heavy atom. The highest BCUT2D eigenvalue weighted by Gasteiger charge is 2.30. The van der Waals surface area contributed by atoms with E-state index in [2.05, 4.69) is 0 Å². The Bertz CT molecular complexity index is 168. The van der Waals surface area contributed by atoms with Gasteiger partial charge in [0.15, 0.2) is 0 Å². The van der Waals surface area contributed by atoms with Crippen LogP contribution in [0.4, 0.5) is 0 Å². The summed E-state index contributed by atoms with van der Waals surface area (Å²) in [4.78, 5) is 20.1. The van der Waals surface area contributed by atoms with Crippen LogP contribution in [-0.2, 0) is 9.59 Å². The molecule has 0 aromatic heterocycles. The lowest BCUT2D eigenvalue weighted by molar-refractivity contribution is -0.149. The molecule has 0 amide bonds. The molecular formula is C5H10ClNO4. The minimum absolute atomic E-state index is 0. The van der Waals surface area contributed by atoms with Crippen LogP contribution >= 0.6 is 12.4 Å². The van der Waals surface area contributed by atoms with Gasteiger partial charge in [-0.1, -0.05) is 0 Å². The van der Waals surface area contributed by atoms with Gasteiger partial charge in [0.2, 0.25) is 0 Å². The molecule has 0 saturated heterocycles. The van der Waals surface area contributed by atoms with Crippen LogP contribution in [0.25, 0.3) is 0 Å². The number of halogens is 1. The van der Waals surface area contributed by atoms with Crippen molar-refractivity contribution in [1.82, 2.24) is 0 Å². The molecule has 0 bridgehead atoms. The molecule has 0 aliphatic carbocycles. The number of carbonyl (C=O) groups is 2. The highest BCUT2D eigenvalue weighted by molar-refractivity contribution is 5.85. The fraction of sp³-hybridized carbons (Fsp3) is 0.600. The lowest BCUT2D eigenvalue weighted by Crippen LogP contribution is -2.46. The summed E-state index contributed by atoms with van der Waals surface area (Å²) >= 11 is 0. The monoisotopic (exact) mass is 183 g/mol. The summed E-state index contributed by atoms with van der Waals surface area (Å²) in [5.74, 6) is -2.53. The van der Waals surface area contributed by atoms with Crippen LogP contribution in [0.15, 0.2) is 0 Å². The lowest BCUT2D eigenvalue weighted by atomic mass is 10.0. The fourth-order valence-corrected chi connectivity index (χ4v) is 0.390. The highest BCUT2D eigenvalue weighted by Crippen LogP contribution is 2.04. The summed E-state index contributed by atoms with van der Waals surface area (Å²) in [6.45, 7) is 1.16. The summed E-state index contributed by atoms with van der Waals surface area (Å²) in [5.41, 5.74) is 3.42. The van der Waals surface area contributed by atoms with E-state index < -0.39 is 23.9 Å². The zero-order valence-electron chi connectivity index (χ0n) is 5.90. The number of nitrogens with two attached hydrogens (primary N) is 1. The van der Waals surface area contributed by atoms with E-state index in [1.54, 1.807) is 0 Å². The molecule has 0 radical (unpaired) electrons. The minimum atomic E-state index is -1.66. The van der Waals surface area contributed by atoms with Gasteiger partial charge in [0.1, 0.15) is 5.54 Å². The van der Waals surface area contributed by atoms with E-state index in [0.29, 0.717) is 0 Å². The number of aliphatic carboxylic acids is 2. The van der Waals surface area contributed by atoms with E-state index in [0.717, 1.165) is 6.92 Å². The zero-order valence-corrected chi connectivity index (χ0v) is 6.72. The average molecular weight is 184 g/mol. The van der Waals surface area contributed by atoms with Gasteiger partial charge in [-0.15, -0.1) is 12.4 Å². The van der Waals surface area contributed by atoms with Crippen molar-refractivity contribution in [3.63, 3.8) is 0 Å². The van der Waals surface area contributed by atoms with Crippen LogP contribution in [0, 0.1) is 0 Å². The van der Waals surface area contributed by atoms with Crippen LogP contribution in [0.5, 0.6) is 0 Å². The Labute approximate surface area is 69.6 Å². The van der Waals surface area contributed by atoms with Gasteiger partial charge in [0, 0.05) is 0 Å². The number of hydrogen-bond acceptors (Lipinski definition) is 3. The number of hydrogen-bond donors (Lipinski definition) is 3. The molecule has 0 aromatic rings. The predicted octanol–water partition coefficient (Wildman–Crippen LogP) is -0.315. The molecule has 0 heterocycles. The van der Waals surface area contributed by atoms with Crippen LogP contribution in [0.1, 0.15) is 13.3 Å². The Morgan fingerprint density at radius 1 is 1.45 bits per heavy atom. The quantitative estimate of drug-likeness (QED) is 0.557. The van der Waals surface area contributed by atoms with Crippen LogP contribution < -0.4 is 5.73 Å². The Hall–Kier alpha value is -0.810. The van der Waals surface area contributed by atoms with Gasteiger partial charge in [0.05, 0.1) is 6.42 Å². The normalized spacial score (nSPS) is 14.4. The van der Waals surface area contributed by atoms with Crippen LogP contribution in [0.2, 0.25) is 0 Å². The summed E-state index contributed by atoms with van der Waals surface area (Å²) in [7, 11) is 0. The fourth-order valence-electron chi connectivity index (χ4n) is 0.390. The summed E-state index contributed by atoms with van der Waals surface area (Å²) in [6.07, 6.45) is -0.567. The van der Waals surface area contributed by atoms with Crippen molar-refractivity contribution >= 4 is 24.3 Å². The van der Waals surface area contributed by atoms with E-state index >= 15 is 0 Å². The van der Waals surface area contributed by atoms with Gasteiger partial charge in [-0.2, -0.15) is 0 Å². The maximum absolute atomic E-state index is 10.2. The predicted molar refractivity (Wildman–Crippen MR) is 39.7 cm³/mol. The SMILES string of the molecule is C[C@](N)(CC(=O)O)C(=O)O.Cl. The molecule has 0 aliphatic rings. The summed E-state index contributed by atoms with van der Waals surface area (Å²) in [6, 6.07) is 0. The van der Waals surface area contributed by atoms with Gasteiger partial charge >= 0.3 is 11.9 Å². The molecule has 66 valence electrons. The molecule has 0 saturated carbocycles. The molecule has 4 N–H and O–H groups in total. The molecular weight excluding hydrogens is 174 g/mol. The molecule has 0 aromatic carbocycles. The van der Waals surface area contributed by atoms with E-state index in [1.165, 1.54) is 0 Å². The second kappa shape index (κ2) is 4.15. The molecule has 6 heteroatoms. The molecule has 1 atom stereocenters. The van der Waals surface area contributed by atoms with Crippen molar-refractivity contribution in [3.8, 4) is 0 Å². The Balaban J connectivity index is 0. The van der Waals surface area contributed by atoms with Gasteiger partial charge in [0.25, 0.3) is 0 Å². The van der Waals surface area contributed by atoms with Gasteiger partial charge in [-0.05, 0) is 6.92 Å². The van der Waals surface area contributed by atoms with Crippen molar-refractivity contribution in [3.05, 3.63) is 0 Å². The molecule has 0 spiro atoms. The lowest BCUT2D eigenvalue weighted by Gasteiger charge is -2.15. The van der Waals surface area contributed by atoms with Crippen molar-refractivity contribution < 1.29 is 19.8 Å². The van der Waals surface area contributed by atoms with Crippen molar-refractivity contribution in [2.75, 3.05) is 0 Å². The van der Waals surface area contributed by atoms with Crippen LogP contribution in [-0.4, -0.2) is 27.7 Å². The second-order valence-corrected chi connectivity index (χ2v) is 2.29. The largest absolute Gasteiger partial charge is 0.481 e. The van der Waals surface area contributed by atoms with Crippen molar-refractivity contribution in [2.24, 2.45) is 5.73 Å². The summed E-state index contributed by atoms with van der Waals surface area (Å²) in [5, 5.41) is 16.5. The molecule has 5 nitrogen and oxygen atoms in total. The first-order chi connectivity index (χ1) is 4.36. The van der Waals surface area contributed by atoms with Gasteiger partial charge < -0.3 is 15.9 Å². The third-order valence-corrected chi connectivity index (χ3v) is 1.01. The first-order valence-electron chi connectivity index (χ1n) is 2.60. The number of carboxylic acid groups (broad SMARTS) is 2. The zero-order chi connectivity index (χ0) is 8.36. The summed E-state index contributed by atoms with van der Waals surface area (Å²) < 4.78 is 0. The number of rotatable bonds is 3. The standard InChI is InChI=1S/C5H9NO4.ClH/c1-5(6,4(9)10)2-3(7)8;/h2,6H2,1H3,(H,7,8)(H,9,10);1H/t5-;/m0./s1. The third kappa shape index (κ3) is 4.58. The molecule has 0 fully saturated rings. The van der Waals surface area contributed by atoms with Crippen molar-refractivity contribution in [1.29, 1.82) is 0 Å². The number of carboxylic acids is 2. The molecule has 0 unspecified atom stereocenters. The average Bonchev–Trinajstić information content (AvgIpc) is 1.60. The topological polar surface area (TPSA) is 101 Å². The third-order valence-electron chi connectivity index (χ3n) is 1.01. The Kier molecular flexibility index (Phi) is 4.84. The maximum Gasteiger partial charge on any atom is 0.323 e. The van der Waals surface area contributed by atoms with Crippen LogP contribution in [0.3, 0.4) is 0 Å². The highest BCUT2D eigenvalue weighted by atomic mass is 35.5. The first kappa shape index (κ1) is 12.8. The first-order valence-corrected chi connectivity index (χ1v) is 2.60. The molecule has 0 rings (SSSR count). The van der Waals surface area contributed by atoms with Gasteiger partial charge in [-0.3, -0.25) is 9.59 Å².